The highest BCUT2D eigenvalue weighted by atomic mass is 16.5. The summed E-state index contributed by atoms with van der Waals surface area (Å²) in [4.78, 5) is 26.9. The first-order chi connectivity index (χ1) is 12.1. The van der Waals surface area contributed by atoms with E-state index in [0.717, 1.165) is 32.5 Å². The fourth-order valence-electron chi connectivity index (χ4n) is 4.59. The van der Waals surface area contributed by atoms with Gasteiger partial charge in [-0.25, -0.2) is 0 Å². The maximum Gasteiger partial charge on any atom is 0.309 e. The summed E-state index contributed by atoms with van der Waals surface area (Å²) in [5.41, 5.74) is 2.74. The van der Waals surface area contributed by atoms with Crippen LogP contribution in [-0.4, -0.2) is 43.0 Å². The molecular weight excluding hydrogens is 316 g/mol. The van der Waals surface area contributed by atoms with Gasteiger partial charge in [0.1, 0.15) is 0 Å². The van der Waals surface area contributed by atoms with Crippen LogP contribution in [0.5, 0.6) is 0 Å². The van der Waals surface area contributed by atoms with Crippen LogP contribution in [0.4, 0.5) is 0 Å². The van der Waals surface area contributed by atoms with E-state index in [1.54, 1.807) is 6.92 Å². The molecule has 25 heavy (non-hydrogen) atoms. The number of benzene rings is 1. The molecule has 4 rings (SSSR count). The van der Waals surface area contributed by atoms with Crippen molar-refractivity contribution in [2.75, 3.05) is 26.2 Å². The summed E-state index contributed by atoms with van der Waals surface area (Å²) in [6, 6.07) is 8.55. The molecule has 1 aliphatic carbocycles. The molecule has 2 atom stereocenters. The van der Waals surface area contributed by atoms with E-state index in [4.69, 9.17) is 4.74 Å². The van der Waals surface area contributed by atoms with Gasteiger partial charge in [0.25, 0.3) is 0 Å². The molecule has 1 saturated heterocycles. The lowest BCUT2D eigenvalue weighted by atomic mass is 9.69. The molecule has 2 heterocycles. The number of esters is 1. The lowest BCUT2D eigenvalue weighted by Gasteiger charge is -2.46. The summed E-state index contributed by atoms with van der Waals surface area (Å²) in [6.45, 7) is 5.60. The Hall–Kier alpha value is -1.88. The van der Waals surface area contributed by atoms with Crippen molar-refractivity contribution in [3.63, 3.8) is 0 Å². The Morgan fingerprint density at radius 1 is 1.24 bits per heavy atom. The Morgan fingerprint density at radius 2 is 2.00 bits per heavy atom. The number of hydrogen-bond acceptors (Lipinski definition) is 4. The molecule has 2 aliphatic heterocycles. The zero-order valence-electron chi connectivity index (χ0n) is 14.8. The van der Waals surface area contributed by atoms with Crippen molar-refractivity contribution in [1.82, 2.24) is 10.2 Å². The Kier molecular flexibility index (Phi) is 4.28. The number of nitrogens with zero attached hydrogens (tertiary/aromatic N) is 1. The van der Waals surface area contributed by atoms with Crippen LogP contribution in [0.3, 0.4) is 0 Å². The van der Waals surface area contributed by atoms with Gasteiger partial charge >= 0.3 is 5.97 Å². The lowest BCUT2D eigenvalue weighted by molar-refractivity contribution is -0.147. The third-order valence-corrected chi connectivity index (χ3v) is 6.01. The quantitative estimate of drug-likeness (QED) is 0.852. The van der Waals surface area contributed by atoms with Gasteiger partial charge in [0.2, 0.25) is 5.91 Å². The topological polar surface area (TPSA) is 58.6 Å². The number of carbonyl (C=O) groups is 2. The fraction of sp³-hybridized carbons (Fsp3) is 0.600. The summed E-state index contributed by atoms with van der Waals surface area (Å²) < 4.78 is 5.08. The third-order valence-electron chi connectivity index (χ3n) is 6.01. The molecule has 3 aliphatic rings. The van der Waals surface area contributed by atoms with E-state index >= 15 is 0 Å². The molecule has 1 spiro atoms. The van der Waals surface area contributed by atoms with Gasteiger partial charge in [-0.2, -0.15) is 0 Å². The second-order valence-corrected chi connectivity index (χ2v) is 7.58. The van der Waals surface area contributed by atoms with Crippen molar-refractivity contribution in [3.8, 4) is 0 Å². The van der Waals surface area contributed by atoms with Crippen LogP contribution < -0.4 is 5.32 Å². The van der Waals surface area contributed by atoms with Crippen molar-refractivity contribution < 1.29 is 14.3 Å². The molecular formula is C20H26N2O3. The number of nitrogens with one attached hydrogen (secondary N) is 1. The van der Waals surface area contributed by atoms with E-state index in [1.807, 2.05) is 4.90 Å². The molecule has 2 fully saturated rings. The number of rotatable bonds is 3. The molecule has 134 valence electrons. The summed E-state index contributed by atoms with van der Waals surface area (Å²) in [6.07, 6.45) is 2.75. The first kappa shape index (κ1) is 16.6. The van der Waals surface area contributed by atoms with Crippen molar-refractivity contribution in [2.24, 2.45) is 11.8 Å². The van der Waals surface area contributed by atoms with E-state index in [-0.39, 0.29) is 29.1 Å². The molecule has 5 heteroatoms. The Bertz CT molecular complexity index is 681. The maximum atomic E-state index is 13.0. The minimum Gasteiger partial charge on any atom is -0.466 e. The molecule has 1 aromatic carbocycles. The number of piperidine rings is 1. The summed E-state index contributed by atoms with van der Waals surface area (Å²) >= 11 is 0. The predicted octanol–water partition coefficient (Wildman–Crippen LogP) is 1.85. The van der Waals surface area contributed by atoms with Crippen molar-refractivity contribution in [2.45, 2.75) is 38.1 Å². The van der Waals surface area contributed by atoms with Crippen LogP contribution in [0.1, 0.15) is 37.3 Å². The van der Waals surface area contributed by atoms with E-state index in [1.165, 1.54) is 11.1 Å². The minimum absolute atomic E-state index is 0.0596. The summed E-state index contributed by atoms with van der Waals surface area (Å²) in [5, 5.41) is 3.44. The standard InChI is InChI=1S/C20H26N2O3/c1-2-25-19(24)16-11-15(16)18(23)22-12-14-5-3-4-6-17(14)20(13-22)7-9-21-10-8-20/h3-6,15-16,21H,2,7-13H2,1H3/t15-,16-/m1/s1. The highest BCUT2D eigenvalue weighted by Crippen LogP contribution is 2.45. The molecule has 5 nitrogen and oxygen atoms in total. The van der Waals surface area contributed by atoms with E-state index in [9.17, 15) is 9.59 Å². The van der Waals surface area contributed by atoms with Crippen LogP contribution in [-0.2, 0) is 26.3 Å². The molecule has 0 bridgehead atoms. The number of ether oxygens (including phenoxy) is 1. The number of carbonyl (C=O) groups excluding carboxylic acids is 2. The van der Waals surface area contributed by atoms with Gasteiger partial charge in [-0.3, -0.25) is 9.59 Å². The van der Waals surface area contributed by atoms with Gasteiger partial charge in [0.15, 0.2) is 0 Å². The normalized spacial score (nSPS) is 26.8. The van der Waals surface area contributed by atoms with Crippen LogP contribution in [0, 0.1) is 11.8 Å². The third kappa shape index (κ3) is 2.95. The van der Waals surface area contributed by atoms with E-state index in [0.29, 0.717) is 19.6 Å². The van der Waals surface area contributed by atoms with Gasteiger partial charge < -0.3 is 15.0 Å². The first-order valence-corrected chi connectivity index (χ1v) is 9.39. The highest BCUT2D eigenvalue weighted by Gasteiger charge is 2.52. The van der Waals surface area contributed by atoms with Gasteiger partial charge in [-0.1, -0.05) is 24.3 Å². The molecule has 1 N–H and O–H groups in total. The summed E-state index contributed by atoms with van der Waals surface area (Å²) in [7, 11) is 0. The van der Waals surface area contributed by atoms with Crippen molar-refractivity contribution in [1.29, 1.82) is 0 Å². The molecule has 1 saturated carbocycles. The van der Waals surface area contributed by atoms with Crippen LogP contribution in [0.15, 0.2) is 24.3 Å². The largest absolute Gasteiger partial charge is 0.466 e. The Labute approximate surface area is 148 Å². The van der Waals surface area contributed by atoms with Gasteiger partial charge in [-0.05, 0) is 50.4 Å². The second-order valence-electron chi connectivity index (χ2n) is 7.58. The van der Waals surface area contributed by atoms with E-state index in [2.05, 4.69) is 29.6 Å². The second kappa shape index (κ2) is 6.45. The average Bonchev–Trinajstić information content (AvgIpc) is 3.43. The lowest BCUT2D eigenvalue weighted by Crippen LogP contribution is -2.52. The number of hydrogen-bond donors (Lipinski definition) is 1. The van der Waals surface area contributed by atoms with Crippen LogP contribution in [0.2, 0.25) is 0 Å². The molecule has 1 amide bonds. The smallest absolute Gasteiger partial charge is 0.309 e. The van der Waals surface area contributed by atoms with Gasteiger partial charge in [-0.15, -0.1) is 0 Å². The van der Waals surface area contributed by atoms with Gasteiger partial charge in [0, 0.05) is 18.5 Å². The van der Waals surface area contributed by atoms with Gasteiger partial charge in [0.05, 0.1) is 18.4 Å². The minimum atomic E-state index is -0.228. The maximum absolute atomic E-state index is 13.0. The molecule has 0 unspecified atom stereocenters. The molecule has 0 aromatic heterocycles. The van der Waals surface area contributed by atoms with Crippen molar-refractivity contribution in [3.05, 3.63) is 35.4 Å². The van der Waals surface area contributed by atoms with E-state index < -0.39 is 0 Å². The van der Waals surface area contributed by atoms with Crippen LogP contribution >= 0.6 is 0 Å². The monoisotopic (exact) mass is 342 g/mol. The zero-order valence-corrected chi connectivity index (χ0v) is 14.8. The van der Waals surface area contributed by atoms with Crippen LogP contribution in [0.25, 0.3) is 0 Å². The predicted molar refractivity (Wildman–Crippen MR) is 93.9 cm³/mol. The first-order valence-electron chi connectivity index (χ1n) is 9.39. The SMILES string of the molecule is CCOC(=O)[C@@H]1C[C@H]1C(=O)N1Cc2ccccc2C2(CCNCC2)C1. The Balaban J connectivity index is 1.54. The zero-order chi connectivity index (χ0) is 17.4. The fourth-order valence-corrected chi connectivity index (χ4v) is 4.59. The number of fused-ring (bicyclic) bond motifs is 2. The number of amides is 1. The molecule has 1 aromatic rings. The molecule has 0 radical (unpaired) electrons. The highest BCUT2D eigenvalue weighted by molar-refractivity contribution is 5.90. The Morgan fingerprint density at radius 3 is 2.76 bits per heavy atom. The average molecular weight is 342 g/mol. The van der Waals surface area contributed by atoms with Crippen molar-refractivity contribution >= 4 is 11.9 Å². The summed E-state index contributed by atoms with van der Waals surface area (Å²) in [5.74, 6) is -0.489.